The number of ketones is 1. The van der Waals surface area contributed by atoms with Crippen molar-refractivity contribution in [3.8, 4) is 6.07 Å². The van der Waals surface area contributed by atoms with Crippen LogP contribution < -0.4 is 0 Å². The minimum atomic E-state index is -0.797. The number of hydrogen-bond acceptors (Lipinski definition) is 4. The molecule has 3 aromatic rings. The fourth-order valence-electron chi connectivity index (χ4n) is 4.21. The number of esters is 1. The van der Waals surface area contributed by atoms with Crippen molar-refractivity contribution in [2.45, 2.75) is 54.1 Å². The van der Waals surface area contributed by atoms with E-state index in [9.17, 15) is 14.9 Å². The number of carbonyl (C=O) groups is 2. The van der Waals surface area contributed by atoms with Crippen molar-refractivity contribution in [3.05, 3.63) is 87.5 Å². The van der Waals surface area contributed by atoms with Crippen LogP contribution in [0.2, 0.25) is 0 Å². The monoisotopic (exact) mass is 457 g/mol. The molecule has 0 atom stereocenters. The number of Topliss-reactive ketones (excluding diaryl/α,β-unsaturated/α-hetero) is 1. The molecule has 3 rings (SSSR count). The molecule has 176 valence electrons. The third-order valence-corrected chi connectivity index (χ3v) is 6.09. The fourth-order valence-corrected chi connectivity index (χ4v) is 4.21. The van der Waals surface area contributed by atoms with Crippen molar-refractivity contribution in [2.24, 2.45) is 0 Å². The Morgan fingerprint density at radius 1 is 1.00 bits per heavy atom. The number of nitrogens with zero attached hydrogens (tertiary/aromatic N) is 3. The molecule has 0 amide bonds. The van der Waals surface area contributed by atoms with Gasteiger partial charge in [0.15, 0.2) is 6.61 Å². The van der Waals surface area contributed by atoms with Crippen molar-refractivity contribution in [1.82, 2.24) is 9.13 Å². The number of nitriles is 1. The number of hydrogen-bond donors (Lipinski definition) is 0. The van der Waals surface area contributed by atoms with Gasteiger partial charge in [-0.2, -0.15) is 5.26 Å². The number of benzene rings is 1. The number of ether oxygens (including phenoxy) is 1. The summed E-state index contributed by atoms with van der Waals surface area (Å²) < 4.78 is 9.46. The molecule has 6 nitrogen and oxygen atoms in total. The fraction of sp³-hybridized carbons (Fsp3) is 0.321. The van der Waals surface area contributed by atoms with E-state index in [2.05, 4.69) is 16.1 Å². The molecule has 0 radical (unpaired) electrons. The van der Waals surface area contributed by atoms with Gasteiger partial charge in [0.1, 0.15) is 11.6 Å². The number of aryl methyl sites for hydroxylation is 2. The van der Waals surface area contributed by atoms with Crippen molar-refractivity contribution in [3.63, 3.8) is 0 Å². The highest BCUT2D eigenvalue weighted by molar-refractivity contribution is 6.02. The normalized spacial score (nSPS) is 11.4. The summed E-state index contributed by atoms with van der Waals surface area (Å²) in [5.74, 6) is -1.09. The quantitative estimate of drug-likeness (QED) is 0.189. The summed E-state index contributed by atoms with van der Waals surface area (Å²) >= 11 is 0. The molecular formula is C28H31N3O3. The van der Waals surface area contributed by atoms with Crippen LogP contribution in [-0.2, 0) is 22.6 Å². The molecular weight excluding hydrogens is 426 g/mol. The predicted octanol–water partition coefficient (Wildman–Crippen LogP) is 5.31. The Labute approximate surface area is 201 Å². The minimum Gasteiger partial charge on any atom is -0.453 e. The molecule has 1 aromatic carbocycles. The first-order valence-corrected chi connectivity index (χ1v) is 11.5. The summed E-state index contributed by atoms with van der Waals surface area (Å²) in [6.07, 6.45) is 2.52. The Morgan fingerprint density at radius 3 is 2.32 bits per heavy atom. The van der Waals surface area contributed by atoms with E-state index in [0.29, 0.717) is 12.1 Å². The van der Waals surface area contributed by atoms with Gasteiger partial charge in [-0.05, 0) is 63.5 Å². The highest BCUT2D eigenvalue weighted by atomic mass is 16.5. The number of carbonyl (C=O) groups excluding carboxylic acids is 2. The van der Waals surface area contributed by atoms with Crippen molar-refractivity contribution in [1.29, 1.82) is 5.26 Å². The first kappa shape index (κ1) is 24.8. The average Bonchev–Trinajstić information content (AvgIpc) is 3.26. The van der Waals surface area contributed by atoms with Gasteiger partial charge in [0.05, 0.1) is 0 Å². The van der Waals surface area contributed by atoms with E-state index >= 15 is 0 Å². The van der Waals surface area contributed by atoms with Gasteiger partial charge in [0, 0.05) is 41.4 Å². The molecule has 0 fully saturated rings. The maximum Gasteiger partial charge on any atom is 0.349 e. The van der Waals surface area contributed by atoms with Gasteiger partial charge in [-0.15, -0.1) is 0 Å². The van der Waals surface area contributed by atoms with Gasteiger partial charge in [-0.3, -0.25) is 4.79 Å². The van der Waals surface area contributed by atoms with E-state index in [1.54, 1.807) is 0 Å². The molecule has 0 saturated heterocycles. The third-order valence-electron chi connectivity index (χ3n) is 6.09. The van der Waals surface area contributed by atoms with E-state index in [-0.39, 0.29) is 11.4 Å². The van der Waals surface area contributed by atoms with Crippen molar-refractivity contribution >= 4 is 17.8 Å². The molecule has 0 aliphatic rings. The lowest BCUT2D eigenvalue weighted by Gasteiger charge is -2.10. The second-order valence-electron chi connectivity index (χ2n) is 8.50. The van der Waals surface area contributed by atoms with Crippen LogP contribution in [0.5, 0.6) is 0 Å². The summed E-state index contributed by atoms with van der Waals surface area (Å²) in [7, 11) is 0. The highest BCUT2D eigenvalue weighted by Crippen LogP contribution is 2.20. The largest absolute Gasteiger partial charge is 0.453 e. The number of aromatic nitrogens is 2. The topological polar surface area (TPSA) is 77.0 Å². The Bertz CT molecular complexity index is 1270. The molecule has 0 unspecified atom stereocenters. The van der Waals surface area contributed by atoms with Gasteiger partial charge < -0.3 is 13.9 Å². The zero-order valence-electron chi connectivity index (χ0n) is 20.5. The summed E-state index contributed by atoms with van der Waals surface area (Å²) in [5, 5.41) is 9.52. The Morgan fingerprint density at radius 2 is 1.68 bits per heavy atom. The van der Waals surface area contributed by atoms with Gasteiger partial charge in [0.2, 0.25) is 5.78 Å². The van der Waals surface area contributed by atoms with Crippen molar-refractivity contribution in [2.75, 3.05) is 6.61 Å². The lowest BCUT2D eigenvalue weighted by molar-refractivity contribution is -0.137. The molecule has 0 bridgehead atoms. The van der Waals surface area contributed by atoms with Gasteiger partial charge in [-0.1, -0.05) is 37.3 Å². The zero-order chi connectivity index (χ0) is 24.8. The van der Waals surface area contributed by atoms with E-state index in [4.69, 9.17) is 4.74 Å². The van der Waals surface area contributed by atoms with Gasteiger partial charge in [-0.25, -0.2) is 4.79 Å². The average molecular weight is 458 g/mol. The van der Waals surface area contributed by atoms with Crippen molar-refractivity contribution < 1.29 is 14.3 Å². The standard InChI is InChI=1S/C28H31N3O3/c1-6-12-30-19(2)13-24(21(30)4)15-25(16-29)28(33)34-18-27(32)26-14-20(3)31(22(26)5)17-23-10-8-7-9-11-23/h7-11,13-15H,6,12,17-18H2,1-5H3/b25-15+. The molecule has 2 heterocycles. The van der Waals surface area contributed by atoms with Crippen LogP contribution in [0.3, 0.4) is 0 Å². The Balaban J connectivity index is 1.71. The van der Waals surface area contributed by atoms with Crippen LogP contribution in [0.1, 0.15) is 57.6 Å². The molecule has 34 heavy (non-hydrogen) atoms. The van der Waals surface area contributed by atoms with Crippen LogP contribution in [-0.4, -0.2) is 27.5 Å². The van der Waals surface area contributed by atoms with Gasteiger partial charge >= 0.3 is 5.97 Å². The smallest absolute Gasteiger partial charge is 0.349 e. The molecule has 0 aliphatic heterocycles. The summed E-state index contributed by atoms with van der Waals surface area (Å²) in [6.45, 7) is 11.0. The molecule has 0 aliphatic carbocycles. The lowest BCUT2D eigenvalue weighted by atomic mass is 10.1. The zero-order valence-corrected chi connectivity index (χ0v) is 20.5. The van der Waals surface area contributed by atoms with E-state index in [0.717, 1.165) is 46.9 Å². The van der Waals surface area contributed by atoms with Gasteiger partial charge in [0.25, 0.3) is 0 Å². The first-order chi connectivity index (χ1) is 16.3. The van der Waals surface area contributed by atoms with Crippen LogP contribution in [0.15, 0.2) is 48.0 Å². The van der Waals surface area contributed by atoms with E-state index < -0.39 is 12.6 Å². The lowest BCUT2D eigenvalue weighted by Crippen LogP contribution is -2.16. The number of rotatable bonds is 9. The van der Waals surface area contributed by atoms with E-state index in [1.165, 1.54) is 6.08 Å². The summed E-state index contributed by atoms with van der Waals surface area (Å²) in [4.78, 5) is 25.4. The molecule has 0 saturated carbocycles. The summed E-state index contributed by atoms with van der Waals surface area (Å²) in [6, 6.07) is 15.7. The minimum absolute atomic E-state index is 0.126. The molecule has 6 heteroatoms. The second-order valence-corrected chi connectivity index (χ2v) is 8.50. The SMILES string of the molecule is CCCn1c(C)cc(/C=C(\C#N)C(=O)OCC(=O)c2cc(C)n(Cc3ccccc3)c2C)c1C. The molecule has 0 N–H and O–H groups in total. The highest BCUT2D eigenvalue weighted by Gasteiger charge is 2.19. The first-order valence-electron chi connectivity index (χ1n) is 11.5. The van der Waals surface area contributed by atoms with Crippen LogP contribution >= 0.6 is 0 Å². The maximum absolute atomic E-state index is 12.8. The van der Waals surface area contributed by atoms with Crippen LogP contribution in [0.25, 0.3) is 6.08 Å². The molecule has 2 aromatic heterocycles. The van der Waals surface area contributed by atoms with Crippen LogP contribution in [0, 0.1) is 39.0 Å². The third kappa shape index (κ3) is 5.37. The molecule has 0 spiro atoms. The maximum atomic E-state index is 12.8. The van der Waals surface area contributed by atoms with E-state index in [1.807, 2.05) is 76.2 Å². The predicted molar refractivity (Wildman–Crippen MR) is 133 cm³/mol. The second kappa shape index (κ2) is 10.8. The summed E-state index contributed by atoms with van der Waals surface area (Å²) in [5.41, 5.74) is 6.16. The Hall–Kier alpha value is -3.85. The Kier molecular flexibility index (Phi) is 7.91. The van der Waals surface area contributed by atoms with Crippen LogP contribution in [0.4, 0.5) is 0 Å².